The van der Waals surface area contributed by atoms with Crippen molar-refractivity contribution in [3.8, 4) is 11.5 Å². The van der Waals surface area contributed by atoms with Gasteiger partial charge in [-0.15, -0.1) is 0 Å². The molecule has 2 heterocycles. The fourth-order valence-electron chi connectivity index (χ4n) is 5.33. The maximum absolute atomic E-state index is 11.4. The maximum Gasteiger partial charge on any atom is 0.454 e. The number of allylic oxidation sites excluding steroid dienone is 2. The third-order valence-corrected chi connectivity index (χ3v) is 8.12. The zero-order valence-corrected chi connectivity index (χ0v) is 27.4. The Morgan fingerprint density at radius 1 is 0.680 bits per heavy atom. The smallest absolute Gasteiger partial charge is 0.454 e. The van der Waals surface area contributed by atoms with Crippen LogP contribution in [0.25, 0.3) is 0 Å². The predicted molar refractivity (Wildman–Crippen MR) is 176 cm³/mol. The van der Waals surface area contributed by atoms with Crippen molar-refractivity contribution in [1.29, 1.82) is 0 Å². The molecular formula is C37H36F6FeN2O4. The number of para-hydroxylation sites is 2. The van der Waals surface area contributed by atoms with Crippen molar-refractivity contribution in [1.82, 2.24) is 0 Å². The van der Waals surface area contributed by atoms with Gasteiger partial charge in [0.25, 0.3) is 5.78 Å². The van der Waals surface area contributed by atoms with Crippen molar-refractivity contribution in [3.63, 3.8) is 0 Å². The number of nitrogens with zero attached hydrogens (tertiary/aromatic N) is 2. The van der Waals surface area contributed by atoms with E-state index in [1.54, 1.807) is 0 Å². The van der Waals surface area contributed by atoms with E-state index in [9.17, 15) is 31.1 Å². The van der Waals surface area contributed by atoms with Gasteiger partial charge in [-0.1, -0.05) is 69.8 Å². The fraction of sp³-hybridized carbons (Fsp3) is 0.270. The second kappa shape index (κ2) is 15.9. The topological polar surface area (TPSA) is 62.2 Å². The summed E-state index contributed by atoms with van der Waals surface area (Å²) in [5.74, 6) is -3.37. The average molecular weight is 743 g/mol. The number of carbonyl (C=O) groups is 1. The van der Waals surface area contributed by atoms with Gasteiger partial charge in [0.15, 0.2) is 13.5 Å². The Balaban J connectivity index is 0.000000389. The second-order valence-corrected chi connectivity index (χ2v) is 11.8. The van der Waals surface area contributed by atoms with Crippen LogP contribution in [0.5, 0.6) is 11.5 Å². The zero-order valence-electron chi connectivity index (χ0n) is 26.3. The summed E-state index contributed by atoms with van der Waals surface area (Å²) in [6, 6.07) is 34.2. The number of anilines is 2. The average Bonchev–Trinajstić information content (AvgIpc) is 3.07. The first-order chi connectivity index (χ1) is 22.6. The first kappa shape index (κ1) is 39.8. The van der Waals surface area contributed by atoms with Crippen LogP contribution < -0.4 is 19.3 Å². The van der Waals surface area contributed by atoms with E-state index < -0.39 is 30.0 Å². The number of aliphatic hydroxyl groups excluding tert-OH is 1. The molecule has 0 unspecified atom stereocenters. The van der Waals surface area contributed by atoms with Crippen molar-refractivity contribution in [2.24, 2.45) is 0 Å². The molecule has 0 aliphatic carbocycles. The Kier molecular flexibility index (Phi) is 12.7. The van der Waals surface area contributed by atoms with E-state index in [-0.39, 0.29) is 29.9 Å². The Morgan fingerprint density at radius 3 is 1.44 bits per heavy atom. The number of fused-ring (bicyclic) bond motifs is 2. The molecule has 0 aromatic heterocycles. The molecular weight excluding hydrogens is 706 g/mol. The molecule has 268 valence electrons. The normalized spacial score (nSPS) is 14.3. The Morgan fingerprint density at radius 2 is 1.08 bits per heavy atom. The minimum absolute atomic E-state index is 0. The molecule has 0 bridgehead atoms. The van der Waals surface area contributed by atoms with Gasteiger partial charge in [0, 0.05) is 64.2 Å². The first-order valence-corrected chi connectivity index (χ1v) is 14.8. The van der Waals surface area contributed by atoms with E-state index in [1.807, 2.05) is 12.1 Å². The van der Waals surface area contributed by atoms with Crippen LogP contribution in [0.2, 0.25) is 0 Å². The van der Waals surface area contributed by atoms with Gasteiger partial charge in [-0.3, -0.25) is 4.79 Å². The Labute approximate surface area is 297 Å². The van der Waals surface area contributed by atoms with E-state index >= 15 is 0 Å². The fourth-order valence-corrected chi connectivity index (χ4v) is 5.33. The molecule has 6 nitrogen and oxygen atoms in total. The van der Waals surface area contributed by atoms with Gasteiger partial charge in [-0.2, -0.15) is 26.3 Å². The van der Waals surface area contributed by atoms with Gasteiger partial charge in [-0.25, -0.2) is 0 Å². The van der Waals surface area contributed by atoms with E-state index in [1.165, 1.54) is 33.6 Å². The molecule has 6 rings (SSSR count). The monoisotopic (exact) mass is 742 g/mol. The summed E-state index contributed by atoms with van der Waals surface area (Å²) in [6.45, 7) is 7.42. The number of ether oxygens (including phenoxy) is 2. The number of carbonyl (C=O) groups excluding carboxylic acids is 1. The van der Waals surface area contributed by atoms with Crippen LogP contribution in [-0.4, -0.2) is 36.7 Å². The first-order valence-electron chi connectivity index (χ1n) is 14.8. The van der Waals surface area contributed by atoms with Gasteiger partial charge < -0.3 is 24.4 Å². The summed E-state index contributed by atoms with van der Waals surface area (Å²) in [4.78, 5) is 14.4. The van der Waals surface area contributed by atoms with Crippen LogP contribution in [0, 0.1) is 0 Å². The van der Waals surface area contributed by atoms with Gasteiger partial charge in [0.05, 0.1) is 0 Å². The van der Waals surface area contributed by atoms with E-state index in [0.717, 1.165) is 24.6 Å². The standard InChI is InChI=1S/C31H30N2O2.C5H2F6O2.CH4.Fe/c1-31(2,25-13-15-29-23(17-25)19-32(21-34-29)27-9-5-3-6-10-27)26-14-16-30-24(18-26)20-33(22-35-30)28-11-7-4-8-12-28;6-4(7,8)2(12)1-3(13)5(9,10)11;;/h3-18H,19-22H2,1-2H3;1,12H;1H4;/b;2-1-;;. The second-order valence-electron chi connectivity index (χ2n) is 11.8. The molecule has 2 aliphatic rings. The van der Waals surface area contributed by atoms with Crippen LogP contribution in [-0.2, 0) is 40.4 Å². The van der Waals surface area contributed by atoms with Gasteiger partial charge in [0.2, 0.25) is 5.76 Å². The molecule has 50 heavy (non-hydrogen) atoms. The summed E-state index contributed by atoms with van der Waals surface area (Å²) in [5, 5.41) is 7.93. The van der Waals surface area contributed by atoms with Crippen molar-refractivity contribution in [2.45, 2.75) is 52.1 Å². The molecule has 4 aromatic carbocycles. The largest absolute Gasteiger partial charge is 0.504 e. The Bertz CT molecular complexity index is 1680. The molecule has 2 aliphatic heterocycles. The van der Waals surface area contributed by atoms with Crippen molar-refractivity contribution in [3.05, 3.63) is 131 Å². The van der Waals surface area contributed by atoms with Crippen molar-refractivity contribution >= 4 is 17.2 Å². The summed E-state index contributed by atoms with van der Waals surface area (Å²) in [7, 11) is 0. The predicted octanol–water partition coefficient (Wildman–Crippen LogP) is 9.48. The molecule has 4 aromatic rings. The number of hydrogen-bond acceptors (Lipinski definition) is 6. The van der Waals surface area contributed by atoms with Crippen LogP contribution >= 0.6 is 0 Å². The number of rotatable bonds is 5. The minimum Gasteiger partial charge on any atom is -0.504 e. The molecule has 13 heteroatoms. The molecule has 0 saturated carbocycles. The molecule has 0 amide bonds. The third kappa shape index (κ3) is 9.33. The SMILES string of the molecule is C.CC(C)(c1ccc2c(c1)CN(c1ccccc1)CO2)c1ccc2c(c1)CN(c1ccccc1)CO2.O=C(/C=C(\O)C(F)(F)F)C(F)(F)F.[Fe]. The van der Waals surface area contributed by atoms with Crippen molar-refractivity contribution < 1.29 is 62.8 Å². The number of aliphatic hydroxyl groups is 1. The zero-order chi connectivity index (χ0) is 34.7. The van der Waals surface area contributed by atoms with E-state index in [4.69, 9.17) is 14.6 Å². The molecule has 0 atom stereocenters. The molecule has 0 fully saturated rings. The van der Waals surface area contributed by atoms with E-state index in [2.05, 4.69) is 109 Å². The maximum atomic E-state index is 11.4. The molecule has 0 spiro atoms. The molecule has 0 radical (unpaired) electrons. The Hall–Kier alpha value is -4.61. The van der Waals surface area contributed by atoms with Gasteiger partial charge >= 0.3 is 12.4 Å². The summed E-state index contributed by atoms with van der Waals surface area (Å²) < 4.78 is 80.2. The summed E-state index contributed by atoms with van der Waals surface area (Å²) in [5.41, 5.74) is 7.22. The number of halogens is 6. The van der Waals surface area contributed by atoms with Gasteiger partial charge in [0.1, 0.15) is 11.5 Å². The van der Waals surface area contributed by atoms with Crippen LogP contribution in [0.1, 0.15) is 43.5 Å². The van der Waals surface area contributed by atoms with Crippen LogP contribution in [0.4, 0.5) is 37.7 Å². The third-order valence-electron chi connectivity index (χ3n) is 8.12. The molecule has 0 saturated heterocycles. The number of benzene rings is 4. The number of hydrogen-bond donors (Lipinski definition) is 1. The summed E-state index contributed by atoms with van der Waals surface area (Å²) >= 11 is 0. The quantitative estimate of drug-likeness (QED) is 0.0952. The minimum atomic E-state index is -5.42. The van der Waals surface area contributed by atoms with E-state index in [0.29, 0.717) is 13.5 Å². The summed E-state index contributed by atoms with van der Waals surface area (Å²) in [6.07, 6.45) is -11.7. The number of alkyl halides is 6. The molecule has 1 N–H and O–H groups in total. The van der Waals surface area contributed by atoms with Crippen LogP contribution in [0.3, 0.4) is 0 Å². The van der Waals surface area contributed by atoms with Gasteiger partial charge in [-0.05, 0) is 59.7 Å². The van der Waals surface area contributed by atoms with Crippen LogP contribution in [0.15, 0.2) is 109 Å². The van der Waals surface area contributed by atoms with Crippen molar-refractivity contribution in [2.75, 3.05) is 23.3 Å². The number of ketones is 1.